The molecule has 9 heteroatoms. The van der Waals surface area contributed by atoms with E-state index in [9.17, 15) is 9.59 Å². The number of carbonyl (C=O) groups excluding carboxylic acids is 2. The van der Waals surface area contributed by atoms with Crippen LogP contribution in [0, 0.1) is 20.8 Å². The van der Waals surface area contributed by atoms with Crippen molar-refractivity contribution in [2.45, 2.75) is 27.3 Å². The second-order valence-corrected chi connectivity index (χ2v) is 6.45. The molecule has 27 heavy (non-hydrogen) atoms. The fourth-order valence-corrected chi connectivity index (χ4v) is 2.98. The quantitative estimate of drug-likeness (QED) is 0.620. The molecule has 0 spiro atoms. The number of nitrogens with zero attached hydrogens (tertiary/aromatic N) is 5. The highest BCUT2D eigenvalue weighted by Crippen LogP contribution is 2.21. The minimum absolute atomic E-state index is 0.152. The van der Waals surface area contributed by atoms with Gasteiger partial charge in [0.05, 0.1) is 16.6 Å². The van der Waals surface area contributed by atoms with Gasteiger partial charge in [-0.3, -0.25) is 19.0 Å². The second kappa shape index (κ2) is 7.56. The summed E-state index contributed by atoms with van der Waals surface area (Å²) in [6.07, 6.45) is 1.65. The van der Waals surface area contributed by atoms with Gasteiger partial charge in [0.1, 0.15) is 6.54 Å². The minimum atomic E-state index is -0.209. The highest BCUT2D eigenvalue weighted by Gasteiger charge is 2.17. The zero-order valence-corrected chi connectivity index (χ0v) is 15.9. The maximum Gasteiger partial charge on any atom is 0.252 e. The van der Waals surface area contributed by atoms with Crippen LogP contribution >= 0.6 is 0 Å². The molecule has 0 radical (unpaired) electrons. The first kappa shape index (κ1) is 18.6. The molecule has 0 unspecified atom stereocenters. The molecular weight excluding hydrogens is 346 g/mol. The zero-order chi connectivity index (χ0) is 19.6. The molecule has 3 heterocycles. The molecule has 2 amide bonds. The van der Waals surface area contributed by atoms with E-state index in [4.69, 9.17) is 0 Å². The van der Waals surface area contributed by atoms with Crippen molar-refractivity contribution in [1.82, 2.24) is 35.2 Å². The van der Waals surface area contributed by atoms with Crippen LogP contribution in [0.4, 0.5) is 0 Å². The van der Waals surface area contributed by atoms with Gasteiger partial charge in [0.15, 0.2) is 5.65 Å². The van der Waals surface area contributed by atoms with E-state index in [2.05, 4.69) is 25.8 Å². The van der Waals surface area contributed by atoms with Crippen LogP contribution in [0.3, 0.4) is 0 Å². The molecule has 3 aromatic heterocycles. The Hall–Kier alpha value is -3.23. The third-order valence-corrected chi connectivity index (χ3v) is 4.30. The molecule has 0 fully saturated rings. The topological polar surface area (TPSA) is 107 Å². The number of fused-ring (bicyclic) bond motifs is 1. The molecule has 0 aromatic carbocycles. The molecule has 142 valence electrons. The van der Waals surface area contributed by atoms with Gasteiger partial charge in [0, 0.05) is 37.7 Å². The van der Waals surface area contributed by atoms with Gasteiger partial charge in [0.25, 0.3) is 5.91 Å². The van der Waals surface area contributed by atoms with Gasteiger partial charge < -0.3 is 10.6 Å². The fourth-order valence-electron chi connectivity index (χ4n) is 2.98. The van der Waals surface area contributed by atoms with Crippen molar-refractivity contribution in [3.05, 3.63) is 41.0 Å². The summed E-state index contributed by atoms with van der Waals surface area (Å²) in [5, 5.41) is 14.8. The van der Waals surface area contributed by atoms with Crippen LogP contribution in [-0.2, 0) is 18.4 Å². The first-order valence-electron chi connectivity index (χ1n) is 8.71. The maximum absolute atomic E-state index is 12.6. The molecule has 9 nitrogen and oxygen atoms in total. The third kappa shape index (κ3) is 3.97. The number of rotatable bonds is 6. The summed E-state index contributed by atoms with van der Waals surface area (Å²) in [4.78, 5) is 29.0. The SMILES string of the molecule is Cc1cc(C(=O)NCCNC(=O)Cn2nccc2C)c2c(C)nn(C)c2n1. The number of hydrogen-bond acceptors (Lipinski definition) is 5. The van der Waals surface area contributed by atoms with Crippen molar-refractivity contribution in [2.75, 3.05) is 13.1 Å². The van der Waals surface area contributed by atoms with Crippen LogP contribution in [0.15, 0.2) is 18.3 Å². The van der Waals surface area contributed by atoms with E-state index in [-0.39, 0.29) is 18.4 Å². The largest absolute Gasteiger partial charge is 0.353 e. The van der Waals surface area contributed by atoms with E-state index in [0.29, 0.717) is 24.3 Å². The van der Waals surface area contributed by atoms with Crippen molar-refractivity contribution < 1.29 is 9.59 Å². The predicted octanol–water partition coefficient (Wildman–Crippen LogP) is 0.636. The van der Waals surface area contributed by atoms with Crippen molar-refractivity contribution in [1.29, 1.82) is 0 Å². The van der Waals surface area contributed by atoms with E-state index >= 15 is 0 Å². The first-order valence-corrected chi connectivity index (χ1v) is 8.71. The molecular formula is C18H23N7O2. The summed E-state index contributed by atoms with van der Waals surface area (Å²) < 4.78 is 3.29. The standard InChI is InChI=1S/C18H23N7O2/c1-11-9-14(16-13(3)23-24(4)17(16)22-11)18(27)20-8-7-19-15(26)10-25-12(2)5-6-21-25/h5-6,9H,7-8,10H2,1-4H3,(H,19,26)(H,20,27). The van der Waals surface area contributed by atoms with Gasteiger partial charge in [-0.15, -0.1) is 0 Å². The molecule has 0 bridgehead atoms. The predicted molar refractivity (Wildman–Crippen MR) is 100 cm³/mol. The Balaban J connectivity index is 1.58. The lowest BCUT2D eigenvalue weighted by molar-refractivity contribution is -0.121. The molecule has 2 N–H and O–H groups in total. The Morgan fingerprint density at radius 3 is 2.59 bits per heavy atom. The lowest BCUT2D eigenvalue weighted by Gasteiger charge is -2.09. The smallest absolute Gasteiger partial charge is 0.252 e. The van der Waals surface area contributed by atoms with E-state index in [1.54, 1.807) is 28.7 Å². The Kier molecular flexibility index (Phi) is 5.20. The van der Waals surface area contributed by atoms with Crippen molar-refractivity contribution in [3.8, 4) is 0 Å². The van der Waals surface area contributed by atoms with Gasteiger partial charge >= 0.3 is 0 Å². The second-order valence-electron chi connectivity index (χ2n) is 6.45. The molecule has 0 saturated heterocycles. The van der Waals surface area contributed by atoms with Crippen LogP contribution in [-0.4, -0.2) is 49.4 Å². The average molecular weight is 369 g/mol. The van der Waals surface area contributed by atoms with Gasteiger partial charge in [-0.1, -0.05) is 0 Å². The number of carbonyl (C=O) groups is 2. The zero-order valence-electron chi connectivity index (χ0n) is 15.9. The van der Waals surface area contributed by atoms with Crippen LogP contribution < -0.4 is 10.6 Å². The van der Waals surface area contributed by atoms with Gasteiger partial charge in [0.2, 0.25) is 5.91 Å². The summed E-state index contributed by atoms with van der Waals surface area (Å²) in [5.74, 6) is -0.361. The van der Waals surface area contributed by atoms with E-state index in [1.807, 2.05) is 26.8 Å². The van der Waals surface area contributed by atoms with Crippen LogP contribution in [0.25, 0.3) is 11.0 Å². The normalized spacial score (nSPS) is 11.0. The number of aryl methyl sites for hydroxylation is 4. The van der Waals surface area contributed by atoms with Crippen LogP contribution in [0.1, 0.15) is 27.4 Å². The number of pyridine rings is 1. The minimum Gasteiger partial charge on any atom is -0.353 e. The van der Waals surface area contributed by atoms with E-state index < -0.39 is 0 Å². The summed E-state index contributed by atoms with van der Waals surface area (Å²) in [5.41, 5.74) is 3.65. The number of nitrogens with one attached hydrogen (secondary N) is 2. The van der Waals surface area contributed by atoms with Crippen LogP contribution in [0.5, 0.6) is 0 Å². The molecule has 0 aliphatic rings. The summed E-state index contributed by atoms with van der Waals surface area (Å²) in [6.45, 7) is 6.41. The van der Waals surface area contributed by atoms with E-state index in [0.717, 1.165) is 22.5 Å². The summed E-state index contributed by atoms with van der Waals surface area (Å²) >= 11 is 0. The number of aromatic nitrogens is 5. The lowest BCUT2D eigenvalue weighted by Crippen LogP contribution is -2.36. The molecule has 0 atom stereocenters. The highest BCUT2D eigenvalue weighted by molar-refractivity contribution is 6.06. The summed E-state index contributed by atoms with van der Waals surface area (Å²) in [6, 6.07) is 3.59. The third-order valence-electron chi connectivity index (χ3n) is 4.30. The Labute approximate surface area is 156 Å². The first-order chi connectivity index (χ1) is 12.9. The number of hydrogen-bond donors (Lipinski definition) is 2. The Morgan fingerprint density at radius 2 is 1.89 bits per heavy atom. The number of amides is 2. The Bertz CT molecular complexity index is 1000. The van der Waals surface area contributed by atoms with Gasteiger partial charge in [-0.2, -0.15) is 10.2 Å². The van der Waals surface area contributed by atoms with Crippen molar-refractivity contribution >= 4 is 22.8 Å². The van der Waals surface area contributed by atoms with Gasteiger partial charge in [-0.25, -0.2) is 4.98 Å². The fraction of sp³-hybridized carbons (Fsp3) is 0.389. The van der Waals surface area contributed by atoms with Gasteiger partial charge in [-0.05, 0) is 32.9 Å². The molecule has 0 aliphatic heterocycles. The molecule has 0 saturated carbocycles. The van der Waals surface area contributed by atoms with Crippen molar-refractivity contribution in [2.24, 2.45) is 7.05 Å². The molecule has 0 aliphatic carbocycles. The lowest BCUT2D eigenvalue weighted by atomic mass is 10.1. The average Bonchev–Trinajstić information content (AvgIpc) is 3.14. The van der Waals surface area contributed by atoms with E-state index in [1.165, 1.54) is 0 Å². The molecule has 3 rings (SSSR count). The highest BCUT2D eigenvalue weighted by atomic mass is 16.2. The maximum atomic E-state index is 12.6. The van der Waals surface area contributed by atoms with Crippen LogP contribution in [0.2, 0.25) is 0 Å². The Morgan fingerprint density at radius 1 is 1.15 bits per heavy atom. The molecule has 3 aromatic rings. The monoisotopic (exact) mass is 369 g/mol. The van der Waals surface area contributed by atoms with Crippen molar-refractivity contribution in [3.63, 3.8) is 0 Å². The summed E-state index contributed by atoms with van der Waals surface area (Å²) in [7, 11) is 1.81.